The molecule has 4 heterocycles. The molecule has 1 aromatic carbocycles. The monoisotopic (exact) mass is 492 g/mol. The minimum Gasteiger partial charge on any atom is -0.140 e. The van der Waals surface area contributed by atoms with Crippen LogP contribution < -0.4 is 0 Å². The predicted octanol–water partition coefficient (Wildman–Crippen LogP) is 11.0. The van der Waals surface area contributed by atoms with Gasteiger partial charge in [-0.25, -0.2) is 0 Å². The van der Waals surface area contributed by atoms with Crippen molar-refractivity contribution in [2.24, 2.45) is 0 Å². The summed E-state index contributed by atoms with van der Waals surface area (Å²) in [6.45, 7) is 13.7. The van der Waals surface area contributed by atoms with Gasteiger partial charge in [-0.1, -0.05) is 33.8 Å². The highest BCUT2D eigenvalue weighted by molar-refractivity contribution is 7.29. The van der Waals surface area contributed by atoms with E-state index in [9.17, 15) is 0 Å². The van der Waals surface area contributed by atoms with Crippen molar-refractivity contribution in [3.05, 3.63) is 70.1 Å². The third kappa shape index (κ3) is 3.92. The van der Waals surface area contributed by atoms with E-state index >= 15 is 0 Å². The molecule has 0 saturated heterocycles. The first-order valence-electron chi connectivity index (χ1n) is 11.2. The van der Waals surface area contributed by atoms with Crippen LogP contribution in [0.3, 0.4) is 0 Å². The summed E-state index contributed by atoms with van der Waals surface area (Å²) in [6, 6.07) is 18.5. The maximum atomic E-state index is 2.45. The Kier molecular flexibility index (Phi) is 5.91. The quantitative estimate of drug-likeness (QED) is 0.229. The average Bonchev–Trinajstić information content (AvgIpc) is 3.51. The van der Waals surface area contributed by atoms with Gasteiger partial charge in [0.05, 0.1) is 0 Å². The molecule has 0 aliphatic heterocycles. The minimum atomic E-state index is 0.532. The van der Waals surface area contributed by atoms with Crippen molar-refractivity contribution < 1.29 is 0 Å². The van der Waals surface area contributed by atoms with Crippen LogP contribution in [-0.2, 0) is 0 Å². The zero-order chi connectivity index (χ0) is 22.6. The fourth-order valence-electron chi connectivity index (χ4n) is 4.46. The summed E-state index contributed by atoms with van der Waals surface area (Å²) in [5, 5.41) is 1.45. The largest absolute Gasteiger partial charge is 0.140 e. The molecule has 5 aromatic rings. The van der Waals surface area contributed by atoms with E-state index in [-0.39, 0.29) is 0 Å². The minimum absolute atomic E-state index is 0.532. The van der Waals surface area contributed by atoms with Gasteiger partial charge in [0.1, 0.15) is 0 Å². The zero-order valence-electron chi connectivity index (χ0n) is 19.4. The van der Waals surface area contributed by atoms with Crippen molar-refractivity contribution in [2.75, 3.05) is 0 Å². The molecule has 0 amide bonds. The van der Waals surface area contributed by atoms with Gasteiger partial charge in [-0.2, -0.15) is 0 Å². The lowest BCUT2D eigenvalue weighted by Gasteiger charge is -2.16. The average molecular weight is 493 g/mol. The normalized spacial score (nSPS) is 12.0. The molecule has 0 nitrogen and oxygen atoms in total. The van der Waals surface area contributed by atoms with Gasteiger partial charge in [0.2, 0.25) is 0 Å². The van der Waals surface area contributed by atoms with E-state index in [0.29, 0.717) is 11.8 Å². The summed E-state index contributed by atoms with van der Waals surface area (Å²) in [5.41, 5.74) is 4.44. The molecule has 0 bridgehead atoms. The van der Waals surface area contributed by atoms with Crippen LogP contribution in [0.1, 0.15) is 61.1 Å². The van der Waals surface area contributed by atoms with Crippen molar-refractivity contribution in [3.63, 3.8) is 0 Å². The van der Waals surface area contributed by atoms with Gasteiger partial charge >= 0.3 is 0 Å². The van der Waals surface area contributed by atoms with Gasteiger partial charge in [0.15, 0.2) is 0 Å². The van der Waals surface area contributed by atoms with Gasteiger partial charge in [0.25, 0.3) is 0 Å². The van der Waals surface area contributed by atoms with E-state index in [4.69, 9.17) is 0 Å². The summed E-state index contributed by atoms with van der Waals surface area (Å²) in [6.07, 6.45) is 0. The van der Waals surface area contributed by atoms with Gasteiger partial charge in [-0.15, -0.1) is 45.3 Å². The fraction of sp³-hybridized carbons (Fsp3) is 0.286. The Balaban J connectivity index is 1.55. The smallest absolute Gasteiger partial charge is 0.0455 e. The number of hydrogen-bond donors (Lipinski definition) is 0. The van der Waals surface area contributed by atoms with Crippen molar-refractivity contribution in [3.8, 4) is 29.3 Å². The molecule has 32 heavy (non-hydrogen) atoms. The second-order valence-electron chi connectivity index (χ2n) is 9.10. The molecular weight excluding hydrogens is 465 g/mol. The van der Waals surface area contributed by atoms with Crippen molar-refractivity contribution in [1.29, 1.82) is 0 Å². The highest BCUT2D eigenvalue weighted by Gasteiger charge is 2.19. The summed E-state index contributed by atoms with van der Waals surface area (Å²) in [4.78, 5) is 9.62. The molecule has 4 aromatic heterocycles. The first-order valence-corrected chi connectivity index (χ1v) is 14.4. The number of rotatable bonds is 5. The molecule has 164 valence electrons. The number of benzene rings is 1. The Labute approximate surface area is 207 Å². The maximum Gasteiger partial charge on any atom is 0.0455 e. The number of fused-ring (bicyclic) bond motifs is 1. The second-order valence-corrected chi connectivity index (χ2v) is 13.6. The second kappa shape index (κ2) is 8.57. The Bertz CT molecular complexity index is 1400. The molecule has 0 aliphatic rings. The molecule has 0 unspecified atom stereocenters. The number of hydrogen-bond acceptors (Lipinski definition) is 4. The van der Waals surface area contributed by atoms with E-state index in [1.807, 2.05) is 45.3 Å². The first-order chi connectivity index (χ1) is 15.3. The predicted molar refractivity (Wildman–Crippen MR) is 149 cm³/mol. The van der Waals surface area contributed by atoms with Crippen LogP contribution in [0.2, 0.25) is 0 Å². The topological polar surface area (TPSA) is 0 Å². The molecule has 0 N–H and O–H groups in total. The van der Waals surface area contributed by atoms with Gasteiger partial charge in [-0.05, 0) is 90.2 Å². The fourth-order valence-corrected chi connectivity index (χ4v) is 9.04. The van der Waals surface area contributed by atoms with Gasteiger partial charge < -0.3 is 0 Å². The van der Waals surface area contributed by atoms with E-state index in [1.165, 1.54) is 60.9 Å². The van der Waals surface area contributed by atoms with Crippen LogP contribution in [0.4, 0.5) is 0 Å². The Morgan fingerprint density at radius 2 is 1.09 bits per heavy atom. The molecule has 0 saturated carbocycles. The van der Waals surface area contributed by atoms with Crippen LogP contribution >= 0.6 is 45.3 Å². The van der Waals surface area contributed by atoms with Crippen LogP contribution in [0.5, 0.6) is 0 Å². The van der Waals surface area contributed by atoms with Crippen LogP contribution in [0, 0.1) is 13.8 Å². The summed E-state index contributed by atoms with van der Waals surface area (Å²) in [7, 11) is 0. The summed E-state index contributed by atoms with van der Waals surface area (Å²) < 4.78 is 1.49. The SMILES string of the molecule is Cc1ccc(-c2ccc(-c3ccc(-c4cc5c(C(C)C)cc(C)c(C(C)C)c5s4)s3)s2)s1. The molecule has 0 atom stereocenters. The van der Waals surface area contributed by atoms with Crippen LogP contribution in [-0.4, -0.2) is 0 Å². The van der Waals surface area contributed by atoms with Gasteiger partial charge in [-0.3, -0.25) is 0 Å². The molecule has 0 fully saturated rings. The summed E-state index contributed by atoms with van der Waals surface area (Å²) >= 11 is 7.69. The Morgan fingerprint density at radius 1 is 0.562 bits per heavy atom. The Hall–Kier alpha value is -1.72. The van der Waals surface area contributed by atoms with Crippen molar-refractivity contribution in [2.45, 2.75) is 53.4 Å². The summed E-state index contributed by atoms with van der Waals surface area (Å²) in [5.74, 6) is 1.07. The highest BCUT2D eigenvalue weighted by atomic mass is 32.1. The number of aryl methyl sites for hydroxylation is 2. The highest BCUT2D eigenvalue weighted by Crippen LogP contribution is 2.46. The molecule has 0 spiro atoms. The molecular formula is C28H28S4. The maximum absolute atomic E-state index is 2.45. The van der Waals surface area contributed by atoms with E-state index in [2.05, 4.69) is 90.1 Å². The molecule has 5 rings (SSSR count). The third-order valence-electron chi connectivity index (χ3n) is 5.96. The van der Waals surface area contributed by atoms with E-state index in [1.54, 1.807) is 0 Å². The van der Waals surface area contributed by atoms with Crippen LogP contribution in [0.25, 0.3) is 39.3 Å². The first kappa shape index (κ1) is 22.1. The molecule has 0 aliphatic carbocycles. The standard InChI is InChI=1S/C28H28S4/c1-15(2)19-13-17(5)27(16(3)4)28-20(19)14-26(32-28)25-12-11-24(31-25)23-10-9-22(30-23)21-8-7-18(6)29-21/h7-16H,1-6H3. The zero-order valence-corrected chi connectivity index (χ0v) is 22.7. The Morgan fingerprint density at radius 3 is 1.59 bits per heavy atom. The van der Waals surface area contributed by atoms with Gasteiger partial charge in [0, 0.05) is 38.8 Å². The number of thiophene rings is 4. The lowest BCUT2D eigenvalue weighted by molar-refractivity contribution is 0.852. The van der Waals surface area contributed by atoms with Crippen molar-refractivity contribution in [1.82, 2.24) is 0 Å². The van der Waals surface area contributed by atoms with E-state index in [0.717, 1.165) is 0 Å². The van der Waals surface area contributed by atoms with Crippen LogP contribution in [0.15, 0.2) is 48.5 Å². The lowest BCUT2D eigenvalue weighted by Crippen LogP contribution is -1.97. The lowest BCUT2D eigenvalue weighted by atomic mass is 9.90. The molecule has 0 radical (unpaired) electrons. The molecule has 4 heteroatoms. The van der Waals surface area contributed by atoms with Crippen molar-refractivity contribution >= 4 is 55.4 Å². The third-order valence-corrected chi connectivity index (χ3v) is 10.9. The van der Waals surface area contributed by atoms with E-state index < -0.39 is 0 Å².